The van der Waals surface area contributed by atoms with Gasteiger partial charge in [-0.1, -0.05) is 0 Å². The second-order valence-corrected chi connectivity index (χ2v) is 2.70. The summed E-state index contributed by atoms with van der Waals surface area (Å²) < 4.78 is 4.11. The van der Waals surface area contributed by atoms with E-state index in [1.807, 2.05) is 0 Å². The molecule has 0 fully saturated rings. The van der Waals surface area contributed by atoms with E-state index in [4.69, 9.17) is 33.4 Å². The molecule has 0 heterocycles. The summed E-state index contributed by atoms with van der Waals surface area (Å²) in [5.41, 5.74) is 0. The molecule has 5 nitrogen and oxygen atoms in total. The number of halogens is 2. The molecule has 0 aromatic heterocycles. The number of carbonyl (C=O) groups excluding carboxylic acids is 1. The molecule has 0 saturated heterocycles. The highest BCUT2D eigenvalue weighted by molar-refractivity contribution is 6.40. The van der Waals surface area contributed by atoms with Gasteiger partial charge < -0.3 is 20.4 Å². The number of alkyl halides is 2. The van der Waals surface area contributed by atoms with Crippen LogP contribution in [0.5, 0.6) is 0 Å². The quantitative estimate of drug-likeness (QED) is 0.501. The Kier molecular flexibility index (Phi) is 72.5. The number of ether oxygens (including phenoxy) is 1. The molecule has 0 unspecified atom stereocenters. The van der Waals surface area contributed by atoms with E-state index in [1.165, 1.54) is 14.0 Å². The molecule has 0 amide bonds. The summed E-state index contributed by atoms with van der Waals surface area (Å²) in [6, 6.07) is 0. The Morgan fingerprint density at radius 2 is 1.40 bits per heavy atom. The summed E-state index contributed by atoms with van der Waals surface area (Å²) in [6.07, 6.45) is -0.167. The van der Waals surface area contributed by atoms with Crippen molar-refractivity contribution in [3.8, 4) is 0 Å². The van der Waals surface area contributed by atoms with Crippen LogP contribution in [0.3, 0.4) is 0 Å². The molecule has 7 heteroatoms. The van der Waals surface area contributed by atoms with E-state index in [2.05, 4.69) is 4.74 Å². The van der Waals surface area contributed by atoms with Crippen LogP contribution in [0.2, 0.25) is 0 Å². The van der Waals surface area contributed by atoms with Crippen molar-refractivity contribution in [1.29, 1.82) is 0 Å². The van der Waals surface area contributed by atoms with Crippen molar-refractivity contribution in [1.82, 2.24) is 0 Å². The minimum absolute atomic E-state index is 0. The van der Waals surface area contributed by atoms with Crippen molar-refractivity contribution in [2.24, 2.45) is 0 Å². The van der Waals surface area contributed by atoms with Gasteiger partial charge in [-0.15, -0.1) is 23.2 Å². The van der Waals surface area contributed by atoms with Gasteiger partial charge in [0, 0.05) is 20.1 Å². The zero-order chi connectivity index (χ0) is 12.6. The van der Waals surface area contributed by atoms with E-state index >= 15 is 0 Å². The highest BCUT2D eigenvalue weighted by Gasteiger charge is 1.75. The average molecular weight is 269 g/mol. The number of carbonyl (C=O) groups is 1. The minimum atomic E-state index is -0.245. The number of aliphatic hydroxyl groups excluding tert-OH is 2. The van der Waals surface area contributed by atoms with Crippen molar-refractivity contribution in [3.05, 3.63) is 0 Å². The number of hydrogen-bond acceptors (Lipinski definition) is 4. The Balaban J connectivity index is -0.0000000305. The molecule has 0 aromatic rings. The predicted octanol–water partition coefficient (Wildman–Crippen LogP) is 0.772. The standard InChI is InChI=1S/C3H6O2.C3H8O.CH2Cl2.CH4O.H2O/c1-3(4)5-2;1-3(2)4;2-1-3;1-2;/h1-2H3;3-4H,1-2H3;1H2;2H,1H3;1H2. The summed E-state index contributed by atoms with van der Waals surface area (Å²) in [5.74, 6) is -0.245. The maximum Gasteiger partial charge on any atom is 0.302 e. The van der Waals surface area contributed by atoms with Crippen molar-refractivity contribution >= 4 is 29.2 Å². The fraction of sp³-hybridized carbons (Fsp3) is 0.875. The smallest absolute Gasteiger partial charge is 0.302 e. The molecule has 0 saturated carbocycles. The third-order valence-electron chi connectivity index (χ3n) is 0.287. The third kappa shape index (κ3) is 532. The molecule has 0 spiro atoms. The average Bonchev–Trinajstić information content (AvgIpc) is 2.08. The summed E-state index contributed by atoms with van der Waals surface area (Å²) in [6.45, 7) is 4.81. The van der Waals surface area contributed by atoms with Gasteiger partial charge in [0.1, 0.15) is 0 Å². The predicted molar refractivity (Wildman–Crippen MR) is 63.4 cm³/mol. The van der Waals surface area contributed by atoms with Gasteiger partial charge in [-0.05, 0) is 13.8 Å². The fourth-order valence-corrected chi connectivity index (χ4v) is 0. The van der Waals surface area contributed by atoms with E-state index in [0.29, 0.717) is 0 Å². The van der Waals surface area contributed by atoms with Gasteiger partial charge in [0.05, 0.1) is 12.4 Å². The number of esters is 1. The second kappa shape index (κ2) is 37.0. The van der Waals surface area contributed by atoms with Crippen LogP contribution in [0.4, 0.5) is 0 Å². The van der Waals surface area contributed by atoms with Gasteiger partial charge in [-0.25, -0.2) is 0 Å². The number of rotatable bonds is 0. The largest absolute Gasteiger partial charge is 0.469 e. The molecule has 0 aliphatic rings. The first kappa shape index (κ1) is 29.4. The molecule has 0 bridgehead atoms. The fourth-order valence-electron chi connectivity index (χ4n) is 0. The van der Waals surface area contributed by atoms with Crippen molar-refractivity contribution in [2.45, 2.75) is 26.9 Å². The van der Waals surface area contributed by atoms with E-state index in [1.54, 1.807) is 13.8 Å². The van der Waals surface area contributed by atoms with Gasteiger partial charge in [-0.3, -0.25) is 4.79 Å². The van der Waals surface area contributed by atoms with Gasteiger partial charge in [0.15, 0.2) is 0 Å². The summed E-state index contributed by atoms with van der Waals surface area (Å²) >= 11 is 9.53. The highest BCUT2D eigenvalue weighted by atomic mass is 35.5. The van der Waals surface area contributed by atoms with Crippen LogP contribution in [0.25, 0.3) is 0 Å². The van der Waals surface area contributed by atoms with Gasteiger partial charge in [0.25, 0.3) is 0 Å². The number of aliphatic hydroxyl groups is 2. The summed E-state index contributed by atoms with van der Waals surface area (Å²) in [4.78, 5) is 9.59. The zero-order valence-electron chi connectivity index (χ0n) is 9.75. The Morgan fingerprint density at radius 3 is 1.40 bits per heavy atom. The highest BCUT2D eigenvalue weighted by Crippen LogP contribution is 1.73. The van der Waals surface area contributed by atoms with E-state index in [9.17, 15) is 4.79 Å². The molecule has 4 N–H and O–H groups in total. The normalized spacial score (nSPS) is 6.27. The van der Waals surface area contributed by atoms with E-state index < -0.39 is 0 Å². The number of methoxy groups -OCH3 is 1. The van der Waals surface area contributed by atoms with Gasteiger partial charge >= 0.3 is 5.97 Å². The first-order valence-electron chi connectivity index (χ1n) is 3.71. The lowest BCUT2D eigenvalue weighted by Gasteiger charge is -1.80. The Morgan fingerprint density at radius 1 is 1.33 bits per heavy atom. The molecule has 0 atom stereocenters. The van der Waals surface area contributed by atoms with Gasteiger partial charge in [-0.2, -0.15) is 0 Å². The first-order chi connectivity index (χ1) is 6.42. The molecule has 15 heavy (non-hydrogen) atoms. The third-order valence-corrected chi connectivity index (χ3v) is 0.287. The molecule has 0 aliphatic heterocycles. The molecular weight excluding hydrogens is 247 g/mol. The SMILES string of the molecule is CC(C)O.CO.COC(C)=O.ClCCl.O. The van der Waals surface area contributed by atoms with E-state index in [-0.39, 0.29) is 22.9 Å². The maximum absolute atomic E-state index is 9.59. The molecular formula is C8H22Cl2O5. The Labute approximate surface area is 101 Å². The van der Waals surface area contributed by atoms with Crippen LogP contribution in [0.15, 0.2) is 0 Å². The van der Waals surface area contributed by atoms with Crippen molar-refractivity contribution in [3.63, 3.8) is 0 Å². The van der Waals surface area contributed by atoms with Gasteiger partial charge in [0.2, 0.25) is 0 Å². The van der Waals surface area contributed by atoms with Crippen LogP contribution >= 0.6 is 23.2 Å². The summed E-state index contributed by atoms with van der Waals surface area (Å²) in [7, 11) is 2.35. The molecule has 0 aromatic carbocycles. The van der Waals surface area contributed by atoms with Crippen LogP contribution < -0.4 is 0 Å². The maximum atomic E-state index is 9.59. The van der Waals surface area contributed by atoms with Crippen LogP contribution in [0, 0.1) is 0 Å². The number of hydrogen-bond donors (Lipinski definition) is 2. The Hall–Kier alpha value is -0.0700. The molecule has 0 radical (unpaired) electrons. The first-order valence-corrected chi connectivity index (χ1v) is 4.78. The Bertz CT molecular complexity index is 88.3. The monoisotopic (exact) mass is 268 g/mol. The zero-order valence-corrected chi connectivity index (χ0v) is 11.3. The lowest BCUT2D eigenvalue weighted by Crippen LogP contribution is -1.88. The lowest BCUT2D eigenvalue weighted by molar-refractivity contribution is -0.137. The topological polar surface area (TPSA) is 98.3 Å². The molecule has 98 valence electrons. The van der Waals surface area contributed by atoms with E-state index in [0.717, 1.165) is 7.11 Å². The minimum Gasteiger partial charge on any atom is -0.469 e. The molecule has 0 aliphatic carbocycles. The van der Waals surface area contributed by atoms with Crippen LogP contribution in [-0.4, -0.2) is 47.3 Å². The van der Waals surface area contributed by atoms with Crippen LogP contribution in [-0.2, 0) is 9.53 Å². The molecule has 0 rings (SSSR count). The second-order valence-electron chi connectivity index (χ2n) is 1.89. The lowest BCUT2D eigenvalue weighted by atomic mass is 10.5. The van der Waals surface area contributed by atoms with Crippen molar-refractivity contribution in [2.75, 3.05) is 19.6 Å². The summed E-state index contributed by atoms with van der Waals surface area (Å²) in [5, 5.41) is 15.2. The van der Waals surface area contributed by atoms with Crippen LogP contribution in [0.1, 0.15) is 20.8 Å². The van der Waals surface area contributed by atoms with Crippen molar-refractivity contribution < 1.29 is 25.2 Å².